The number of piperazine rings is 1. The number of fused-ring (bicyclic) bond motifs is 2. The summed E-state index contributed by atoms with van der Waals surface area (Å²) in [6.45, 7) is 2.05. The van der Waals surface area contributed by atoms with E-state index in [1.807, 2.05) is 36.4 Å². The molecule has 0 aliphatic carbocycles. The summed E-state index contributed by atoms with van der Waals surface area (Å²) in [6.07, 6.45) is 1.29. The van der Waals surface area contributed by atoms with Crippen LogP contribution >= 0.6 is 0 Å². The first-order chi connectivity index (χ1) is 10.8. The maximum absolute atomic E-state index is 5.15. The topological polar surface area (TPSA) is 62.3 Å². The van der Waals surface area contributed by atoms with Crippen LogP contribution in [0, 0.1) is 0 Å². The molecule has 4 heterocycles. The number of aromatic nitrogens is 2. The Kier molecular flexibility index (Phi) is 3.31. The van der Waals surface area contributed by atoms with Crippen molar-refractivity contribution in [2.45, 2.75) is 18.5 Å². The monoisotopic (exact) mass is 297 g/mol. The SMILES string of the molecule is COc1ccc(Nc2ccc(N3CC4CC(C3)N4)nn2)cc1. The Balaban J connectivity index is 1.42. The van der Waals surface area contributed by atoms with Gasteiger partial charge in [-0.25, -0.2) is 0 Å². The molecule has 1 aromatic carbocycles. The minimum Gasteiger partial charge on any atom is -0.497 e. The van der Waals surface area contributed by atoms with Gasteiger partial charge < -0.3 is 20.3 Å². The zero-order valence-electron chi connectivity index (χ0n) is 12.5. The fraction of sp³-hybridized carbons (Fsp3) is 0.375. The van der Waals surface area contributed by atoms with Gasteiger partial charge in [-0.1, -0.05) is 0 Å². The maximum Gasteiger partial charge on any atom is 0.153 e. The van der Waals surface area contributed by atoms with Crippen LogP contribution in [-0.4, -0.2) is 42.5 Å². The van der Waals surface area contributed by atoms with Crippen molar-refractivity contribution < 1.29 is 4.74 Å². The predicted octanol–water partition coefficient (Wildman–Crippen LogP) is 1.78. The molecule has 6 heteroatoms. The van der Waals surface area contributed by atoms with E-state index in [-0.39, 0.29) is 0 Å². The lowest BCUT2D eigenvalue weighted by molar-refractivity contribution is 0.225. The van der Waals surface area contributed by atoms with Gasteiger partial charge in [-0.05, 0) is 42.8 Å². The van der Waals surface area contributed by atoms with Crippen LogP contribution in [0.3, 0.4) is 0 Å². The summed E-state index contributed by atoms with van der Waals surface area (Å²) in [7, 11) is 1.66. The third-order valence-electron chi connectivity index (χ3n) is 4.26. The molecule has 2 aromatic rings. The molecule has 0 radical (unpaired) electrons. The van der Waals surface area contributed by atoms with E-state index in [1.54, 1.807) is 7.11 Å². The lowest BCUT2D eigenvalue weighted by Gasteiger charge is -2.48. The molecule has 114 valence electrons. The first-order valence-corrected chi connectivity index (χ1v) is 7.56. The van der Waals surface area contributed by atoms with Gasteiger partial charge in [0.15, 0.2) is 11.6 Å². The molecule has 2 N–H and O–H groups in total. The molecule has 22 heavy (non-hydrogen) atoms. The van der Waals surface area contributed by atoms with E-state index in [2.05, 4.69) is 25.7 Å². The summed E-state index contributed by atoms with van der Waals surface area (Å²) in [5.41, 5.74) is 0.964. The molecule has 1 aromatic heterocycles. The van der Waals surface area contributed by atoms with Crippen molar-refractivity contribution in [3.8, 4) is 5.75 Å². The highest BCUT2D eigenvalue weighted by Gasteiger charge is 2.36. The standard InChI is InChI=1S/C16H19N5O/c1-22-14-4-2-11(3-5-14)18-15-6-7-16(20-19-15)21-9-12-8-13(10-21)17-12/h2-7,12-13,17H,8-10H2,1H3,(H,18,19). The van der Waals surface area contributed by atoms with Crippen molar-refractivity contribution in [3.63, 3.8) is 0 Å². The molecule has 0 saturated carbocycles. The van der Waals surface area contributed by atoms with E-state index in [9.17, 15) is 0 Å². The molecular formula is C16H19N5O. The number of anilines is 3. The van der Waals surface area contributed by atoms with Crippen molar-refractivity contribution in [1.29, 1.82) is 0 Å². The van der Waals surface area contributed by atoms with Gasteiger partial charge in [-0.2, -0.15) is 0 Å². The lowest BCUT2D eigenvalue weighted by atomic mass is 9.91. The minimum atomic E-state index is 0.623. The van der Waals surface area contributed by atoms with Crippen LogP contribution in [0.1, 0.15) is 6.42 Å². The number of hydrogen-bond acceptors (Lipinski definition) is 6. The Morgan fingerprint density at radius 2 is 1.82 bits per heavy atom. The second-order valence-electron chi connectivity index (χ2n) is 5.83. The average molecular weight is 297 g/mol. The van der Waals surface area contributed by atoms with Gasteiger partial charge in [-0.15, -0.1) is 10.2 Å². The van der Waals surface area contributed by atoms with Crippen molar-refractivity contribution >= 4 is 17.3 Å². The van der Waals surface area contributed by atoms with Crippen LogP contribution in [0.2, 0.25) is 0 Å². The third-order valence-corrected chi connectivity index (χ3v) is 4.26. The largest absolute Gasteiger partial charge is 0.497 e. The summed E-state index contributed by atoms with van der Waals surface area (Å²) >= 11 is 0. The summed E-state index contributed by atoms with van der Waals surface area (Å²) in [4.78, 5) is 2.31. The zero-order valence-corrected chi connectivity index (χ0v) is 12.5. The van der Waals surface area contributed by atoms with Crippen molar-refractivity contribution in [3.05, 3.63) is 36.4 Å². The Labute approximate surface area is 129 Å². The zero-order chi connectivity index (χ0) is 14.9. The molecule has 5 rings (SSSR count). The van der Waals surface area contributed by atoms with Crippen LogP contribution in [0.25, 0.3) is 0 Å². The Morgan fingerprint density at radius 1 is 1.09 bits per heavy atom. The van der Waals surface area contributed by atoms with Crippen LogP contribution in [0.4, 0.5) is 17.3 Å². The average Bonchev–Trinajstić information content (AvgIpc) is 2.56. The highest BCUT2D eigenvalue weighted by molar-refractivity contribution is 5.57. The van der Waals surface area contributed by atoms with Crippen LogP contribution in [-0.2, 0) is 0 Å². The van der Waals surface area contributed by atoms with Crippen molar-refractivity contribution in [1.82, 2.24) is 15.5 Å². The van der Waals surface area contributed by atoms with Crippen molar-refractivity contribution in [2.75, 3.05) is 30.4 Å². The molecule has 2 atom stereocenters. The molecule has 3 fully saturated rings. The Bertz CT molecular complexity index is 627. The number of piperidine rings is 1. The fourth-order valence-corrected chi connectivity index (χ4v) is 3.08. The molecule has 6 nitrogen and oxygen atoms in total. The van der Waals surface area contributed by atoms with E-state index in [0.717, 1.165) is 36.2 Å². The maximum atomic E-state index is 5.15. The highest BCUT2D eigenvalue weighted by Crippen LogP contribution is 2.25. The highest BCUT2D eigenvalue weighted by atomic mass is 16.5. The molecule has 3 saturated heterocycles. The molecule has 0 spiro atoms. The number of nitrogens with one attached hydrogen (secondary N) is 2. The molecule has 3 aliphatic heterocycles. The fourth-order valence-electron chi connectivity index (χ4n) is 3.08. The van der Waals surface area contributed by atoms with Crippen molar-refractivity contribution in [2.24, 2.45) is 0 Å². The van der Waals surface area contributed by atoms with Crippen LogP contribution < -0.4 is 20.3 Å². The first-order valence-electron chi connectivity index (χ1n) is 7.56. The molecule has 3 aliphatic rings. The third kappa shape index (κ3) is 2.57. The number of benzene rings is 1. The molecule has 2 unspecified atom stereocenters. The molecular weight excluding hydrogens is 278 g/mol. The number of ether oxygens (including phenoxy) is 1. The summed E-state index contributed by atoms with van der Waals surface area (Å²) in [5.74, 6) is 2.54. The van der Waals surface area contributed by atoms with Gasteiger partial charge in [0.1, 0.15) is 5.75 Å². The van der Waals surface area contributed by atoms with E-state index in [1.165, 1.54) is 6.42 Å². The van der Waals surface area contributed by atoms with Gasteiger partial charge in [-0.3, -0.25) is 0 Å². The van der Waals surface area contributed by atoms with E-state index in [0.29, 0.717) is 12.1 Å². The Morgan fingerprint density at radius 3 is 2.41 bits per heavy atom. The van der Waals surface area contributed by atoms with E-state index < -0.39 is 0 Å². The quantitative estimate of drug-likeness (QED) is 0.897. The van der Waals surface area contributed by atoms with Gasteiger partial charge in [0.05, 0.1) is 7.11 Å². The smallest absolute Gasteiger partial charge is 0.153 e. The first kappa shape index (κ1) is 13.3. The predicted molar refractivity (Wildman–Crippen MR) is 85.9 cm³/mol. The minimum absolute atomic E-state index is 0.623. The lowest BCUT2D eigenvalue weighted by Crippen LogP contribution is -2.67. The Hall–Kier alpha value is -2.34. The van der Waals surface area contributed by atoms with Crippen LogP contribution in [0.15, 0.2) is 36.4 Å². The van der Waals surface area contributed by atoms with Gasteiger partial charge in [0, 0.05) is 30.9 Å². The van der Waals surface area contributed by atoms with Gasteiger partial charge in [0.2, 0.25) is 0 Å². The van der Waals surface area contributed by atoms with E-state index >= 15 is 0 Å². The second-order valence-corrected chi connectivity index (χ2v) is 5.83. The molecule has 0 amide bonds. The summed E-state index contributed by atoms with van der Waals surface area (Å²) in [6, 6.07) is 13.0. The normalized spacial score (nSPS) is 22.9. The summed E-state index contributed by atoms with van der Waals surface area (Å²) in [5, 5.41) is 15.4. The van der Waals surface area contributed by atoms with Gasteiger partial charge in [0.25, 0.3) is 0 Å². The number of nitrogens with zero attached hydrogens (tertiary/aromatic N) is 3. The molecule has 2 bridgehead atoms. The van der Waals surface area contributed by atoms with Gasteiger partial charge >= 0.3 is 0 Å². The number of hydrogen-bond donors (Lipinski definition) is 2. The second kappa shape index (κ2) is 5.46. The number of rotatable bonds is 4. The van der Waals surface area contributed by atoms with E-state index in [4.69, 9.17) is 4.74 Å². The summed E-state index contributed by atoms with van der Waals surface area (Å²) < 4.78 is 5.15. The number of methoxy groups -OCH3 is 1. The van der Waals surface area contributed by atoms with Crippen LogP contribution in [0.5, 0.6) is 5.75 Å².